The van der Waals surface area contributed by atoms with E-state index >= 15 is 0 Å². The van der Waals surface area contributed by atoms with Crippen molar-refractivity contribution in [2.75, 3.05) is 7.05 Å². The van der Waals surface area contributed by atoms with Gasteiger partial charge in [0.05, 0.1) is 17.9 Å². The Hall–Kier alpha value is -3.48. The molecule has 0 saturated heterocycles. The quantitative estimate of drug-likeness (QED) is 0.615. The van der Waals surface area contributed by atoms with E-state index in [-0.39, 0.29) is 11.7 Å². The van der Waals surface area contributed by atoms with Crippen molar-refractivity contribution in [3.05, 3.63) is 78.1 Å². The average molecular weight is 349 g/mol. The standard InChI is InChI=1S/C19H16FN5O/c1-24(11-15-12-25-9-3-2-4-18(25)21-15)19(26)17-10-16(22-23-17)13-5-7-14(20)8-6-13/h2-10,12H,11H2,1H3,(H,22,23). The van der Waals surface area contributed by atoms with Gasteiger partial charge >= 0.3 is 0 Å². The van der Waals surface area contributed by atoms with Crippen LogP contribution < -0.4 is 0 Å². The number of amides is 1. The lowest BCUT2D eigenvalue weighted by Gasteiger charge is -2.14. The molecule has 6 nitrogen and oxygen atoms in total. The lowest BCUT2D eigenvalue weighted by Crippen LogP contribution is -2.26. The monoisotopic (exact) mass is 349 g/mol. The van der Waals surface area contributed by atoms with Gasteiger partial charge in [-0.25, -0.2) is 9.37 Å². The number of carbonyl (C=O) groups excluding carboxylic acids is 1. The molecule has 1 N–H and O–H groups in total. The largest absolute Gasteiger partial charge is 0.334 e. The first kappa shape index (κ1) is 16.0. The Morgan fingerprint density at radius 3 is 2.81 bits per heavy atom. The van der Waals surface area contributed by atoms with Crippen LogP contribution in [0.25, 0.3) is 16.9 Å². The van der Waals surface area contributed by atoms with Gasteiger partial charge in [-0.15, -0.1) is 0 Å². The molecule has 1 amide bonds. The molecule has 130 valence electrons. The molecule has 0 aliphatic carbocycles. The summed E-state index contributed by atoms with van der Waals surface area (Å²) in [5, 5.41) is 6.90. The fraction of sp³-hybridized carbons (Fsp3) is 0.105. The second-order valence-electron chi connectivity index (χ2n) is 6.03. The van der Waals surface area contributed by atoms with Crippen LogP contribution >= 0.6 is 0 Å². The number of halogens is 1. The van der Waals surface area contributed by atoms with Gasteiger partial charge in [-0.3, -0.25) is 9.89 Å². The van der Waals surface area contributed by atoms with Crippen molar-refractivity contribution in [1.82, 2.24) is 24.5 Å². The minimum atomic E-state index is -0.312. The lowest BCUT2D eigenvalue weighted by molar-refractivity contribution is 0.0777. The van der Waals surface area contributed by atoms with E-state index in [9.17, 15) is 9.18 Å². The number of H-pyrrole nitrogens is 1. The highest BCUT2D eigenvalue weighted by molar-refractivity contribution is 5.93. The summed E-state index contributed by atoms with van der Waals surface area (Å²) in [5.74, 6) is -0.504. The van der Waals surface area contributed by atoms with E-state index < -0.39 is 0 Å². The van der Waals surface area contributed by atoms with Crippen LogP contribution in [0.1, 0.15) is 16.2 Å². The zero-order valence-electron chi connectivity index (χ0n) is 14.1. The minimum Gasteiger partial charge on any atom is -0.334 e. The van der Waals surface area contributed by atoms with Crippen molar-refractivity contribution >= 4 is 11.6 Å². The number of rotatable bonds is 4. The second-order valence-corrected chi connectivity index (χ2v) is 6.03. The number of nitrogens with one attached hydrogen (secondary N) is 1. The van der Waals surface area contributed by atoms with Crippen LogP contribution in [0, 0.1) is 5.82 Å². The van der Waals surface area contributed by atoms with E-state index in [0.29, 0.717) is 17.9 Å². The summed E-state index contributed by atoms with van der Waals surface area (Å²) in [6, 6.07) is 13.4. The van der Waals surface area contributed by atoms with Gasteiger partial charge < -0.3 is 9.30 Å². The summed E-state index contributed by atoms with van der Waals surface area (Å²) in [4.78, 5) is 18.7. The van der Waals surface area contributed by atoms with Gasteiger partial charge in [0, 0.05) is 25.0 Å². The molecule has 0 saturated carbocycles. The van der Waals surface area contributed by atoms with Crippen molar-refractivity contribution in [2.45, 2.75) is 6.54 Å². The molecule has 4 rings (SSSR count). The van der Waals surface area contributed by atoms with Crippen molar-refractivity contribution in [3.8, 4) is 11.3 Å². The first-order valence-corrected chi connectivity index (χ1v) is 8.09. The predicted molar refractivity (Wildman–Crippen MR) is 95.0 cm³/mol. The van der Waals surface area contributed by atoms with Gasteiger partial charge in [0.2, 0.25) is 0 Å². The molecule has 4 aromatic rings. The maximum absolute atomic E-state index is 13.0. The summed E-state index contributed by atoms with van der Waals surface area (Å²) in [5.41, 5.74) is 3.34. The molecule has 0 bridgehead atoms. The Bertz CT molecular complexity index is 1030. The van der Waals surface area contributed by atoms with Crippen LogP contribution in [0.4, 0.5) is 4.39 Å². The highest BCUT2D eigenvalue weighted by Crippen LogP contribution is 2.19. The summed E-state index contributed by atoms with van der Waals surface area (Å²) in [6.45, 7) is 0.380. The van der Waals surface area contributed by atoms with Crippen molar-refractivity contribution in [3.63, 3.8) is 0 Å². The lowest BCUT2D eigenvalue weighted by atomic mass is 10.1. The fourth-order valence-corrected chi connectivity index (χ4v) is 2.78. The van der Waals surface area contributed by atoms with Crippen molar-refractivity contribution < 1.29 is 9.18 Å². The number of aromatic amines is 1. The zero-order valence-corrected chi connectivity index (χ0v) is 14.1. The highest BCUT2D eigenvalue weighted by Gasteiger charge is 2.17. The first-order valence-electron chi connectivity index (χ1n) is 8.09. The summed E-state index contributed by atoms with van der Waals surface area (Å²) < 4.78 is 14.9. The first-order chi connectivity index (χ1) is 12.6. The van der Waals surface area contributed by atoms with Crippen LogP contribution in [0.2, 0.25) is 0 Å². The maximum atomic E-state index is 13.0. The Kier molecular flexibility index (Phi) is 3.96. The number of hydrogen-bond donors (Lipinski definition) is 1. The van der Waals surface area contributed by atoms with Crippen molar-refractivity contribution in [1.29, 1.82) is 0 Å². The number of fused-ring (bicyclic) bond motifs is 1. The van der Waals surface area contributed by atoms with Crippen LogP contribution in [-0.4, -0.2) is 37.4 Å². The summed E-state index contributed by atoms with van der Waals surface area (Å²) in [7, 11) is 1.71. The molecular weight excluding hydrogens is 333 g/mol. The second kappa shape index (κ2) is 6.44. The van der Waals surface area contributed by atoms with Gasteiger partial charge in [0.15, 0.2) is 0 Å². The highest BCUT2D eigenvalue weighted by atomic mass is 19.1. The van der Waals surface area contributed by atoms with E-state index in [2.05, 4.69) is 15.2 Å². The van der Waals surface area contributed by atoms with E-state index in [1.807, 2.05) is 35.0 Å². The third-order valence-corrected chi connectivity index (χ3v) is 4.11. The molecule has 7 heteroatoms. The molecule has 3 heterocycles. The third-order valence-electron chi connectivity index (χ3n) is 4.11. The van der Waals surface area contributed by atoms with E-state index in [1.54, 1.807) is 30.1 Å². The molecule has 0 aliphatic heterocycles. The topological polar surface area (TPSA) is 66.3 Å². The molecule has 26 heavy (non-hydrogen) atoms. The average Bonchev–Trinajstić information content (AvgIpc) is 3.28. The molecule has 3 aromatic heterocycles. The molecule has 0 radical (unpaired) electrons. The number of benzene rings is 1. The van der Waals surface area contributed by atoms with Crippen molar-refractivity contribution in [2.24, 2.45) is 0 Å². The number of pyridine rings is 1. The van der Waals surface area contributed by atoms with Gasteiger partial charge in [0.1, 0.15) is 17.2 Å². The number of hydrogen-bond acceptors (Lipinski definition) is 3. The van der Waals surface area contributed by atoms with E-state index in [0.717, 1.165) is 16.9 Å². The number of imidazole rings is 1. The van der Waals surface area contributed by atoms with E-state index in [4.69, 9.17) is 0 Å². The number of aromatic nitrogens is 4. The van der Waals surface area contributed by atoms with Gasteiger partial charge in [-0.2, -0.15) is 5.10 Å². The number of carbonyl (C=O) groups is 1. The summed E-state index contributed by atoms with van der Waals surface area (Å²) in [6.07, 6.45) is 3.81. The number of nitrogens with zero attached hydrogens (tertiary/aromatic N) is 4. The molecule has 0 unspecified atom stereocenters. The van der Waals surface area contributed by atoms with Gasteiger partial charge in [-0.05, 0) is 42.5 Å². The summed E-state index contributed by atoms with van der Waals surface area (Å²) >= 11 is 0. The Morgan fingerprint density at radius 1 is 1.23 bits per heavy atom. The predicted octanol–water partition coefficient (Wildman–Crippen LogP) is 3.14. The molecule has 0 fully saturated rings. The van der Waals surface area contributed by atoms with Crippen LogP contribution in [0.15, 0.2) is 60.9 Å². The van der Waals surface area contributed by atoms with E-state index in [1.165, 1.54) is 12.1 Å². The SMILES string of the molecule is CN(Cc1cn2ccccc2n1)C(=O)c1cc(-c2ccc(F)cc2)n[nH]1. The molecular formula is C19H16FN5O. The smallest absolute Gasteiger partial charge is 0.271 e. The third kappa shape index (κ3) is 3.06. The van der Waals surface area contributed by atoms with Crippen LogP contribution in [-0.2, 0) is 6.54 Å². The zero-order chi connectivity index (χ0) is 18.1. The molecule has 0 atom stereocenters. The Morgan fingerprint density at radius 2 is 2.04 bits per heavy atom. The molecule has 1 aromatic carbocycles. The minimum absolute atomic E-state index is 0.192. The van der Waals surface area contributed by atoms with Gasteiger partial charge in [0.25, 0.3) is 5.91 Å². The Labute approximate surface area is 148 Å². The molecule has 0 spiro atoms. The fourth-order valence-electron chi connectivity index (χ4n) is 2.78. The van der Waals surface area contributed by atoms with Crippen LogP contribution in [0.5, 0.6) is 0 Å². The molecule has 0 aliphatic rings. The van der Waals surface area contributed by atoms with Crippen LogP contribution in [0.3, 0.4) is 0 Å². The van der Waals surface area contributed by atoms with Gasteiger partial charge in [-0.1, -0.05) is 6.07 Å². The normalized spacial score (nSPS) is 11.0. The maximum Gasteiger partial charge on any atom is 0.271 e. The Balaban J connectivity index is 1.50.